The fourth-order valence-electron chi connectivity index (χ4n) is 2.24. The Labute approximate surface area is 88.2 Å². The largest absolute Gasteiger partial charge is 0.330 e. The van der Waals surface area contributed by atoms with E-state index in [4.69, 9.17) is 5.73 Å². The molecule has 0 aromatic heterocycles. The van der Waals surface area contributed by atoms with Crippen molar-refractivity contribution in [2.24, 2.45) is 5.73 Å². The minimum atomic E-state index is 0.655. The first-order chi connectivity index (χ1) is 6.69. The minimum Gasteiger partial charge on any atom is -0.330 e. The van der Waals surface area contributed by atoms with Gasteiger partial charge in [-0.15, -0.1) is 0 Å². The van der Waals surface area contributed by atoms with Crippen molar-refractivity contribution in [1.29, 1.82) is 0 Å². The summed E-state index contributed by atoms with van der Waals surface area (Å²) in [4.78, 5) is 5.06. The van der Waals surface area contributed by atoms with Crippen molar-refractivity contribution in [3.63, 3.8) is 0 Å². The predicted molar refractivity (Wildman–Crippen MR) is 61.4 cm³/mol. The van der Waals surface area contributed by atoms with Gasteiger partial charge >= 0.3 is 0 Å². The van der Waals surface area contributed by atoms with Gasteiger partial charge in [-0.3, -0.25) is 4.90 Å². The van der Waals surface area contributed by atoms with E-state index in [-0.39, 0.29) is 0 Å². The molecule has 0 spiro atoms. The fraction of sp³-hybridized carbons (Fsp3) is 1.00. The quantitative estimate of drug-likeness (QED) is 0.725. The lowest BCUT2D eigenvalue weighted by Crippen LogP contribution is -2.53. The summed E-state index contributed by atoms with van der Waals surface area (Å²) in [6.45, 7) is 9.00. The van der Waals surface area contributed by atoms with E-state index in [9.17, 15) is 0 Å². The third-order valence-electron chi connectivity index (χ3n) is 3.49. The Hall–Kier alpha value is -0.120. The summed E-state index contributed by atoms with van der Waals surface area (Å²) in [5, 5.41) is 0. The van der Waals surface area contributed by atoms with Gasteiger partial charge in [0.2, 0.25) is 0 Å². The van der Waals surface area contributed by atoms with Crippen LogP contribution in [-0.4, -0.2) is 55.1 Å². The van der Waals surface area contributed by atoms with Crippen LogP contribution in [0.2, 0.25) is 0 Å². The standard InChI is InChI=1S/C11H25N3/c1-4-11-9-14(8-7-13(11)3)10(2)5-6-12/h10-11H,4-9,12H2,1-3H3. The van der Waals surface area contributed by atoms with Gasteiger partial charge in [0.15, 0.2) is 0 Å². The molecule has 0 saturated carbocycles. The van der Waals surface area contributed by atoms with Crippen LogP contribution in [0, 0.1) is 0 Å². The average Bonchev–Trinajstić information content (AvgIpc) is 2.19. The van der Waals surface area contributed by atoms with Crippen LogP contribution in [0.4, 0.5) is 0 Å². The Bertz CT molecular complexity index is 161. The highest BCUT2D eigenvalue weighted by Gasteiger charge is 2.25. The summed E-state index contributed by atoms with van der Waals surface area (Å²) < 4.78 is 0. The van der Waals surface area contributed by atoms with E-state index in [1.165, 1.54) is 26.1 Å². The Morgan fingerprint density at radius 2 is 2.14 bits per heavy atom. The topological polar surface area (TPSA) is 32.5 Å². The highest BCUT2D eigenvalue weighted by molar-refractivity contribution is 4.81. The second kappa shape index (κ2) is 5.69. The van der Waals surface area contributed by atoms with Crippen LogP contribution < -0.4 is 5.73 Å². The zero-order valence-corrected chi connectivity index (χ0v) is 9.87. The molecule has 3 heteroatoms. The van der Waals surface area contributed by atoms with E-state index in [0.717, 1.165) is 19.0 Å². The van der Waals surface area contributed by atoms with E-state index in [2.05, 4.69) is 30.7 Å². The first-order valence-electron chi connectivity index (χ1n) is 5.83. The van der Waals surface area contributed by atoms with Crippen LogP contribution in [0.3, 0.4) is 0 Å². The van der Waals surface area contributed by atoms with E-state index in [1.54, 1.807) is 0 Å². The van der Waals surface area contributed by atoms with Crippen LogP contribution in [0.15, 0.2) is 0 Å². The van der Waals surface area contributed by atoms with Gasteiger partial charge in [0.25, 0.3) is 0 Å². The van der Waals surface area contributed by atoms with Crippen molar-refractivity contribution in [2.45, 2.75) is 38.8 Å². The number of hydrogen-bond acceptors (Lipinski definition) is 3. The zero-order chi connectivity index (χ0) is 10.6. The summed E-state index contributed by atoms with van der Waals surface area (Å²) in [5.41, 5.74) is 5.59. The lowest BCUT2D eigenvalue weighted by atomic mass is 10.1. The van der Waals surface area contributed by atoms with Crippen LogP contribution in [0.5, 0.6) is 0 Å². The average molecular weight is 199 g/mol. The second-order valence-electron chi connectivity index (χ2n) is 4.46. The molecule has 1 fully saturated rings. The SMILES string of the molecule is CCC1CN(C(C)CCN)CCN1C. The van der Waals surface area contributed by atoms with Crippen molar-refractivity contribution in [3.8, 4) is 0 Å². The molecule has 0 bridgehead atoms. The maximum atomic E-state index is 5.59. The Kier molecular flexibility index (Phi) is 4.85. The molecule has 3 nitrogen and oxygen atoms in total. The van der Waals surface area contributed by atoms with Crippen molar-refractivity contribution in [1.82, 2.24) is 9.80 Å². The summed E-state index contributed by atoms with van der Waals surface area (Å²) in [6.07, 6.45) is 2.38. The van der Waals surface area contributed by atoms with Gasteiger partial charge in [0.1, 0.15) is 0 Å². The lowest BCUT2D eigenvalue weighted by molar-refractivity contribution is 0.0658. The molecule has 1 aliphatic rings. The van der Waals surface area contributed by atoms with Crippen molar-refractivity contribution in [3.05, 3.63) is 0 Å². The summed E-state index contributed by atoms with van der Waals surface area (Å²) in [7, 11) is 2.24. The molecule has 14 heavy (non-hydrogen) atoms. The van der Waals surface area contributed by atoms with Crippen molar-refractivity contribution in [2.75, 3.05) is 33.2 Å². The first kappa shape index (κ1) is 12.0. The molecule has 0 radical (unpaired) electrons. The normalized spacial score (nSPS) is 27.9. The number of piperazine rings is 1. The maximum Gasteiger partial charge on any atom is 0.0218 e. The van der Waals surface area contributed by atoms with E-state index < -0.39 is 0 Å². The number of hydrogen-bond donors (Lipinski definition) is 1. The first-order valence-corrected chi connectivity index (χ1v) is 5.83. The van der Waals surface area contributed by atoms with Gasteiger partial charge in [-0.25, -0.2) is 0 Å². The smallest absolute Gasteiger partial charge is 0.0218 e. The lowest BCUT2D eigenvalue weighted by Gasteiger charge is -2.41. The van der Waals surface area contributed by atoms with Gasteiger partial charge in [0.05, 0.1) is 0 Å². The highest BCUT2D eigenvalue weighted by atomic mass is 15.3. The summed E-state index contributed by atoms with van der Waals surface area (Å²) >= 11 is 0. The highest BCUT2D eigenvalue weighted by Crippen LogP contribution is 2.14. The molecule has 0 amide bonds. The number of nitrogens with zero attached hydrogens (tertiary/aromatic N) is 2. The van der Waals surface area contributed by atoms with Crippen LogP contribution in [0.1, 0.15) is 26.7 Å². The second-order valence-corrected chi connectivity index (χ2v) is 4.46. The zero-order valence-electron chi connectivity index (χ0n) is 9.87. The monoisotopic (exact) mass is 199 g/mol. The molecule has 1 aliphatic heterocycles. The maximum absolute atomic E-state index is 5.59. The molecule has 0 aromatic rings. The molecule has 2 atom stereocenters. The van der Waals surface area contributed by atoms with Gasteiger partial charge in [-0.2, -0.15) is 0 Å². The van der Waals surface area contributed by atoms with Crippen LogP contribution >= 0.6 is 0 Å². The Morgan fingerprint density at radius 1 is 1.43 bits per heavy atom. The van der Waals surface area contributed by atoms with Gasteiger partial charge in [-0.05, 0) is 33.4 Å². The third kappa shape index (κ3) is 2.94. The molecule has 1 heterocycles. The Morgan fingerprint density at radius 3 is 2.71 bits per heavy atom. The van der Waals surface area contributed by atoms with Crippen LogP contribution in [0.25, 0.3) is 0 Å². The van der Waals surface area contributed by atoms with E-state index in [0.29, 0.717) is 6.04 Å². The number of nitrogens with two attached hydrogens (primary N) is 1. The molecule has 1 rings (SSSR count). The fourth-order valence-corrected chi connectivity index (χ4v) is 2.24. The summed E-state index contributed by atoms with van der Waals surface area (Å²) in [6, 6.07) is 1.40. The molecular weight excluding hydrogens is 174 g/mol. The molecular formula is C11H25N3. The summed E-state index contributed by atoms with van der Waals surface area (Å²) in [5.74, 6) is 0. The molecule has 84 valence electrons. The van der Waals surface area contributed by atoms with Gasteiger partial charge < -0.3 is 10.6 Å². The van der Waals surface area contributed by atoms with Gasteiger partial charge in [-0.1, -0.05) is 6.92 Å². The molecule has 1 saturated heterocycles. The van der Waals surface area contributed by atoms with Crippen molar-refractivity contribution >= 4 is 0 Å². The third-order valence-corrected chi connectivity index (χ3v) is 3.49. The van der Waals surface area contributed by atoms with Crippen LogP contribution in [-0.2, 0) is 0 Å². The van der Waals surface area contributed by atoms with Crippen molar-refractivity contribution < 1.29 is 0 Å². The Balaban J connectivity index is 2.41. The molecule has 0 aromatic carbocycles. The number of likely N-dealkylation sites (N-methyl/N-ethyl adjacent to an activating group) is 1. The van der Waals surface area contributed by atoms with Gasteiger partial charge in [0, 0.05) is 31.7 Å². The van der Waals surface area contributed by atoms with E-state index >= 15 is 0 Å². The number of rotatable bonds is 4. The minimum absolute atomic E-state index is 0.655. The molecule has 2 unspecified atom stereocenters. The molecule has 0 aliphatic carbocycles. The van der Waals surface area contributed by atoms with E-state index in [1.807, 2.05) is 0 Å². The molecule has 2 N–H and O–H groups in total. The predicted octanol–water partition coefficient (Wildman–Crippen LogP) is 0.750.